The Balaban J connectivity index is 1.81. The van der Waals surface area contributed by atoms with Crippen molar-refractivity contribution in [3.8, 4) is 0 Å². The molecule has 0 bridgehead atoms. The minimum absolute atomic E-state index is 0.303. The molecule has 0 radical (unpaired) electrons. The molecule has 0 unspecified atom stereocenters. The summed E-state index contributed by atoms with van der Waals surface area (Å²) in [5.41, 5.74) is 9.77. The molecule has 0 amide bonds. The van der Waals surface area contributed by atoms with Crippen molar-refractivity contribution in [2.24, 2.45) is 5.41 Å². The maximum Gasteiger partial charge on any atom is 0.0170 e. The second-order valence-corrected chi connectivity index (χ2v) is 7.65. The Labute approximate surface area is 143 Å². The molecule has 0 fully saturated rings. The topological polar surface area (TPSA) is 0 Å². The van der Waals surface area contributed by atoms with Crippen molar-refractivity contribution in [1.82, 2.24) is 0 Å². The lowest BCUT2D eigenvalue weighted by atomic mass is 9.67. The quantitative estimate of drug-likeness (QED) is 0.531. The molecular weight excluding hydrogens is 288 g/mol. The summed E-state index contributed by atoms with van der Waals surface area (Å²) in [7, 11) is 0. The third-order valence-electron chi connectivity index (χ3n) is 7.08. The predicted molar refractivity (Wildman–Crippen MR) is 97.6 cm³/mol. The maximum absolute atomic E-state index is 2.41. The minimum Gasteiger partial charge on any atom is -0.0648 e. The number of hydrogen-bond acceptors (Lipinski definition) is 0. The SMILES string of the molecule is CCC12C3c4ccccc4C1c1ccccc1C2c1ccccc13. The van der Waals surface area contributed by atoms with Gasteiger partial charge in [0.15, 0.2) is 0 Å². The zero-order chi connectivity index (χ0) is 15.9. The van der Waals surface area contributed by atoms with Crippen LogP contribution in [0.5, 0.6) is 0 Å². The summed E-state index contributed by atoms with van der Waals surface area (Å²) in [6.45, 7) is 2.41. The zero-order valence-electron chi connectivity index (χ0n) is 13.9. The highest BCUT2D eigenvalue weighted by Gasteiger charge is 2.65. The number of rotatable bonds is 1. The first kappa shape index (κ1) is 13.0. The van der Waals surface area contributed by atoms with Gasteiger partial charge in [0.25, 0.3) is 0 Å². The van der Waals surface area contributed by atoms with Crippen LogP contribution < -0.4 is 0 Å². The molecule has 0 N–H and O–H groups in total. The van der Waals surface area contributed by atoms with Crippen LogP contribution in [-0.2, 0) is 0 Å². The number of hydrogen-bond donors (Lipinski definition) is 0. The van der Waals surface area contributed by atoms with Crippen molar-refractivity contribution in [3.05, 3.63) is 106 Å². The third kappa shape index (κ3) is 1.20. The number of benzene rings is 3. The second-order valence-electron chi connectivity index (χ2n) is 7.65. The van der Waals surface area contributed by atoms with Gasteiger partial charge < -0.3 is 0 Å². The van der Waals surface area contributed by atoms with Crippen molar-refractivity contribution >= 4 is 0 Å². The van der Waals surface area contributed by atoms with E-state index >= 15 is 0 Å². The largest absolute Gasteiger partial charge is 0.0648 e. The van der Waals surface area contributed by atoms with Crippen LogP contribution in [-0.4, -0.2) is 0 Å². The molecule has 0 atom stereocenters. The fraction of sp³-hybridized carbons (Fsp3) is 0.250. The van der Waals surface area contributed by atoms with Crippen LogP contribution in [0.3, 0.4) is 0 Å². The van der Waals surface area contributed by atoms with Gasteiger partial charge in [0, 0.05) is 23.2 Å². The lowest BCUT2D eigenvalue weighted by Crippen LogP contribution is -2.26. The highest BCUT2D eigenvalue weighted by atomic mass is 14.7. The highest BCUT2D eigenvalue weighted by Crippen LogP contribution is 2.77. The van der Waals surface area contributed by atoms with Crippen LogP contribution in [0.4, 0.5) is 0 Å². The molecular formula is C24H20. The average molecular weight is 308 g/mol. The van der Waals surface area contributed by atoms with Crippen LogP contribution in [0.1, 0.15) is 64.5 Å². The van der Waals surface area contributed by atoms with E-state index < -0.39 is 0 Å². The summed E-state index contributed by atoms with van der Waals surface area (Å²) >= 11 is 0. The Hall–Kier alpha value is -2.34. The molecule has 6 rings (SSSR count). The van der Waals surface area contributed by atoms with Crippen LogP contribution in [0.2, 0.25) is 0 Å². The molecule has 3 aromatic rings. The third-order valence-corrected chi connectivity index (χ3v) is 7.08. The number of fused-ring (bicyclic) bond motifs is 9. The summed E-state index contributed by atoms with van der Waals surface area (Å²) in [5.74, 6) is 1.66. The van der Waals surface area contributed by atoms with Gasteiger partial charge in [-0.3, -0.25) is 0 Å². The van der Waals surface area contributed by atoms with Crippen molar-refractivity contribution in [2.75, 3.05) is 0 Å². The molecule has 0 aliphatic heterocycles. The predicted octanol–water partition coefficient (Wildman–Crippen LogP) is 5.82. The highest BCUT2D eigenvalue weighted by molar-refractivity contribution is 5.68. The van der Waals surface area contributed by atoms with Gasteiger partial charge in [0.2, 0.25) is 0 Å². The van der Waals surface area contributed by atoms with Gasteiger partial charge in [0.05, 0.1) is 0 Å². The standard InChI is InChI=1S/C24H20/c1-2-24-21-15-9-3-4-10-16(15)22(24)19-13-7-8-14-20(19)23(24)18-12-6-5-11-17(18)21/h3-14,21-23H,2H2,1H3. The Morgan fingerprint density at radius 1 is 0.542 bits per heavy atom. The van der Waals surface area contributed by atoms with Gasteiger partial charge >= 0.3 is 0 Å². The first-order valence-electron chi connectivity index (χ1n) is 9.14. The van der Waals surface area contributed by atoms with Crippen LogP contribution in [0.25, 0.3) is 0 Å². The molecule has 0 saturated heterocycles. The maximum atomic E-state index is 2.41. The van der Waals surface area contributed by atoms with E-state index in [1.807, 2.05) is 0 Å². The van der Waals surface area contributed by atoms with Gasteiger partial charge in [0.1, 0.15) is 0 Å². The van der Waals surface area contributed by atoms with E-state index in [-0.39, 0.29) is 0 Å². The fourth-order valence-electron chi connectivity index (χ4n) is 6.46. The molecule has 0 heterocycles. The van der Waals surface area contributed by atoms with Gasteiger partial charge in [-0.2, -0.15) is 0 Å². The van der Waals surface area contributed by atoms with E-state index in [9.17, 15) is 0 Å². The van der Waals surface area contributed by atoms with Crippen molar-refractivity contribution in [1.29, 1.82) is 0 Å². The molecule has 3 aromatic carbocycles. The molecule has 24 heavy (non-hydrogen) atoms. The monoisotopic (exact) mass is 308 g/mol. The second kappa shape index (κ2) is 4.19. The summed E-state index contributed by atoms with van der Waals surface area (Å²) in [4.78, 5) is 0. The molecule has 0 saturated carbocycles. The van der Waals surface area contributed by atoms with Crippen molar-refractivity contribution < 1.29 is 0 Å². The Bertz CT molecular complexity index is 786. The van der Waals surface area contributed by atoms with Crippen LogP contribution >= 0.6 is 0 Å². The molecule has 0 spiro atoms. The van der Waals surface area contributed by atoms with E-state index in [0.29, 0.717) is 23.2 Å². The molecule has 3 aliphatic rings. The van der Waals surface area contributed by atoms with Crippen LogP contribution in [0, 0.1) is 5.41 Å². The molecule has 0 nitrogen and oxygen atoms in total. The van der Waals surface area contributed by atoms with Crippen LogP contribution in [0.15, 0.2) is 72.8 Å². The summed E-state index contributed by atoms with van der Waals surface area (Å²) in [6.07, 6.45) is 1.23. The van der Waals surface area contributed by atoms with E-state index in [1.165, 1.54) is 6.42 Å². The van der Waals surface area contributed by atoms with E-state index in [0.717, 1.165) is 0 Å². The normalized spacial score (nSPS) is 30.6. The lowest BCUT2D eigenvalue weighted by Gasteiger charge is -2.35. The van der Waals surface area contributed by atoms with E-state index in [2.05, 4.69) is 79.7 Å². The summed E-state index contributed by atoms with van der Waals surface area (Å²) in [6, 6.07) is 27.7. The first-order chi connectivity index (χ1) is 11.9. The zero-order valence-corrected chi connectivity index (χ0v) is 13.9. The summed E-state index contributed by atoms with van der Waals surface area (Å²) in [5, 5.41) is 0. The van der Waals surface area contributed by atoms with Crippen molar-refractivity contribution in [2.45, 2.75) is 31.1 Å². The Morgan fingerprint density at radius 3 is 1.00 bits per heavy atom. The minimum atomic E-state index is 0.303. The molecule has 116 valence electrons. The first-order valence-corrected chi connectivity index (χ1v) is 9.14. The molecule has 0 aromatic heterocycles. The van der Waals surface area contributed by atoms with Gasteiger partial charge in [-0.05, 0) is 39.8 Å². The van der Waals surface area contributed by atoms with Gasteiger partial charge in [-0.1, -0.05) is 79.7 Å². The Morgan fingerprint density at radius 2 is 0.792 bits per heavy atom. The van der Waals surface area contributed by atoms with E-state index in [4.69, 9.17) is 0 Å². The molecule has 3 aliphatic carbocycles. The average Bonchev–Trinajstić information content (AvgIpc) is 3.21. The van der Waals surface area contributed by atoms with Gasteiger partial charge in [-0.25, -0.2) is 0 Å². The van der Waals surface area contributed by atoms with E-state index in [1.54, 1.807) is 33.4 Å². The van der Waals surface area contributed by atoms with Gasteiger partial charge in [-0.15, -0.1) is 0 Å². The Kier molecular flexibility index (Phi) is 2.27. The fourth-order valence-corrected chi connectivity index (χ4v) is 6.46. The molecule has 0 heteroatoms. The lowest BCUT2D eigenvalue weighted by molar-refractivity contribution is 0.241. The van der Waals surface area contributed by atoms with Crippen molar-refractivity contribution in [3.63, 3.8) is 0 Å². The summed E-state index contributed by atoms with van der Waals surface area (Å²) < 4.78 is 0. The smallest absolute Gasteiger partial charge is 0.0170 e.